The fraction of sp³-hybridized carbons (Fsp3) is 0.667. The van der Waals surface area contributed by atoms with Gasteiger partial charge in [-0.1, -0.05) is 30.3 Å². The van der Waals surface area contributed by atoms with E-state index >= 15 is 0 Å². The number of hydrogen-bond donors (Lipinski definition) is 1. The monoisotopic (exact) mass is 288 g/mol. The van der Waals surface area contributed by atoms with Crippen molar-refractivity contribution in [2.45, 2.75) is 50.8 Å². The molecule has 2 aliphatic rings. The van der Waals surface area contributed by atoms with E-state index in [1.165, 1.54) is 37.8 Å². The highest BCUT2D eigenvalue weighted by atomic mass is 16.5. The molecule has 1 aromatic rings. The molecule has 3 rings (SSSR count). The van der Waals surface area contributed by atoms with Gasteiger partial charge in [-0.2, -0.15) is 0 Å². The number of piperidine rings is 1. The molecule has 2 atom stereocenters. The first-order valence-corrected chi connectivity index (χ1v) is 8.50. The van der Waals surface area contributed by atoms with Crippen molar-refractivity contribution in [3.8, 4) is 0 Å². The van der Waals surface area contributed by atoms with E-state index in [1.807, 2.05) is 0 Å². The normalized spacial score (nSPS) is 24.9. The lowest BCUT2D eigenvalue weighted by Crippen LogP contribution is -2.45. The Bertz CT molecular complexity index is 416. The molecule has 1 heterocycles. The molecule has 0 radical (unpaired) electrons. The molecule has 1 aliphatic heterocycles. The Morgan fingerprint density at radius 1 is 1.24 bits per heavy atom. The van der Waals surface area contributed by atoms with E-state index in [9.17, 15) is 0 Å². The van der Waals surface area contributed by atoms with Gasteiger partial charge in [0.25, 0.3) is 0 Å². The molecule has 0 spiro atoms. The van der Waals surface area contributed by atoms with E-state index < -0.39 is 0 Å². The summed E-state index contributed by atoms with van der Waals surface area (Å²) in [6, 6.07) is 12.2. The zero-order valence-electron chi connectivity index (χ0n) is 13.1. The molecule has 2 unspecified atom stereocenters. The number of likely N-dealkylation sites (tertiary alicyclic amines) is 1. The van der Waals surface area contributed by atoms with E-state index in [0.29, 0.717) is 12.1 Å². The molecule has 21 heavy (non-hydrogen) atoms. The maximum Gasteiger partial charge on any atom is 0.0702 e. The lowest BCUT2D eigenvalue weighted by atomic mass is 10.0. The largest absolute Gasteiger partial charge is 0.377 e. The topological polar surface area (TPSA) is 24.5 Å². The molecule has 3 heteroatoms. The number of rotatable bonds is 7. The molecule has 1 aliphatic carbocycles. The Morgan fingerprint density at radius 3 is 2.76 bits per heavy atom. The summed E-state index contributed by atoms with van der Waals surface area (Å²) in [5.74, 6) is 0. The number of benzene rings is 1. The third kappa shape index (κ3) is 4.29. The summed E-state index contributed by atoms with van der Waals surface area (Å²) < 4.78 is 5.87. The van der Waals surface area contributed by atoms with Crippen molar-refractivity contribution in [3.05, 3.63) is 35.9 Å². The molecule has 2 fully saturated rings. The molecular formula is C18H28N2O. The molecule has 0 aromatic heterocycles. The van der Waals surface area contributed by atoms with Gasteiger partial charge >= 0.3 is 0 Å². The second-order valence-corrected chi connectivity index (χ2v) is 6.32. The predicted octanol–water partition coefficient (Wildman–Crippen LogP) is 2.98. The quantitative estimate of drug-likeness (QED) is 0.835. The van der Waals surface area contributed by atoms with Crippen LogP contribution in [0.3, 0.4) is 0 Å². The predicted molar refractivity (Wildman–Crippen MR) is 86.4 cm³/mol. The van der Waals surface area contributed by atoms with E-state index in [-0.39, 0.29) is 0 Å². The molecule has 0 bridgehead atoms. The SMILES string of the molecule is CCOC1CCCN(C(CNC2CC2)c2ccccc2)C1. The van der Waals surface area contributed by atoms with Gasteiger partial charge in [0.2, 0.25) is 0 Å². The van der Waals surface area contributed by atoms with Crippen LogP contribution in [0.2, 0.25) is 0 Å². The average molecular weight is 288 g/mol. The molecule has 1 N–H and O–H groups in total. The maximum atomic E-state index is 5.87. The van der Waals surface area contributed by atoms with Crippen LogP contribution in [-0.4, -0.2) is 43.3 Å². The molecule has 1 saturated heterocycles. The van der Waals surface area contributed by atoms with Gasteiger partial charge in [0.05, 0.1) is 6.10 Å². The van der Waals surface area contributed by atoms with Crippen LogP contribution in [0.4, 0.5) is 0 Å². The van der Waals surface area contributed by atoms with Crippen LogP contribution in [0.15, 0.2) is 30.3 Å². The summed E-state index contributed by atoms with van der Waals surface area (Å²) in [7, 11) is 0. The number of nitrogens with one attached hydrogen (secondary N) is 1. The summed E-state index contributed by atoms with van der Waals surface area (Å²) >= 11 is 0. The summed E-state index contributed by atoms with van der Waals surface area (Å²) in [4.78, 5) is 2.62. The zero-order valence-corrected chi connectivity index (χ0v) is 13.1. The smallest absolute Gasteiger partial charge is 0.0702 e. The second kappa shape index (κ2) is 7.39. The summed E-state index contributed by atoms with van der Waals surface area (Å²) in [6.45, 7) is 6.25. The van der Waals surface area contributed by atoms with Crippen molar-refractivity contribution in [3.63, 3.8) is 0 Å². The summed E-state index contributed by atoms with van der Waals surface area (Å²) in [6.07, 6.45) is 5.57. The van der Waals surface area contributed by atoms with Crippen LogP contribution < -0.4 is 5.32 Å². The molecule has 1 aromatic carbocycles. The van der Waals surface area contributed by atoms with Crippen LogP contribution in [-0.2, 0) is 4.74 Å². The van der Waals surface area contributed by atoms with Crippen molar-refractivity contribution in [2.24, 2.45) is 0 Å². The van der Waals surface area contributed by atoms with Crippen molar-refractivity contribution < 1.29 is 4.74 Å². The van der Waals surface area contributed by atoms with Gasteiger partial charge in [-0.15, -0.1) is 0 Å². The minimum absolute atomic E-state index is 0.413. The van der Waals surface area contributed by atoms with Crippen molar-refractivity contribution in [2.75, 3.05) is 26.2 Å². The Hall–Kier alpha value is -0.900. The number of ether oxygens (including phenoxy) is 1. The van der Waals surface area contributed by atoms with Gasteiger partial charge in [-0.25, -0.2) is 0 Å². The maximum absolute atomic E-state index is 5.87. The highest BCUT2D eigenvalue weighted by Crippen LogP contribution is 2.27. The first-order chi connectivity index (χ1) is 10.4. The number of nitrogens with zero attached hydrogens (tertiary/aromatic N) is 1. The Morgan fingerprint density at radius 2 is 2.05 bits per heavy atom. The Kier molecular flexibility index (Phi) is 5.28. The molecular weight excluding hydrogens is 260 g/mol. The second-order valence-electron chi connectivity index (χ2n) is 6.32. The standard InChI is InChI=1S/C18H28N2O/c1-2-21-17-9-6-12-20(14-17)18(13-19-16-10-11-16)15-7-4-3-5-8-15/h3-5,7-8,16-19H,2,6,9-14H2,1H3. The average Bonchev–Trinajstić information content (AvgIpc) is 3.34. The van der Waals surface area contributed by atoms with E-state index in [0.717, 1.165) is 25.7 Å². The third-order valence-electron chi connectivity index (χ3n) is 4.61. The van der Waals surface area contributed by atoms with Crippen LogP contribution in [0.5, 0.6) is 0 Å². The third-order valence-corrected chi connectivity index (χ3v) is 4.61. The molecule has 3 nitrogen and oxygen atoms in total. The van der Waals surface area contributed by atoms with Gasteiger partial charge in [0.15, 0.2) is 0 Å². The lowest BCUT2D eigenvalue weighted by molar-refractivity contribution is -0.00770. The Labute approximate surface area is 128 Å². The summed E-state index contributed by atoms with van der Waals surface area (Å²) in [5.41, 5.74) is 1.43. The van der Waals surface area contributed by atoms with Crippen LogP contribution in [0.25, 0.3) is 0 Å². The summed E-state index contributed by atoms with van der Waals surface area (Å²) in [5, 5.41) is 3.72. The molecule has 1 saturated carbocycles. The van der Waals surface area contributed by atoms with Crippen molar-refractivity contribution >= 4 is 0 Å². The van der Waals surface area contributed by atoms with Crippen LogP contribution >= 0.6 is 0 Å². The van der Waals surface area contributed by atoms with E-state index in [1.54, 1.807) is 0 Å². The minimum atomic E-state index is 0.413. The molecule has 0 amide bonds. The van der Waals surface area contributed by atoms with Gasteiger partial charge in [-0.3, -0.25) is 4.90 Å². The lowest BCUT2D eigenvalue weighted by Gasteiger charge is -2.38. The highest BCUT2D eigenvalue weighted by Gasteiger charge is 2.29. The van der Waals surface area contributed by atoms with Crippen LogP contribution in [0.1, 0.15) is 44.2 Å². The minimum Gasteiger partial charge on any atom is -0.377 e. The highest BCUT2D eigenvalue weighted by molar-refractivity contribution is 5.20. The van der Waals surface area contributed by atoms with E-state index in [2.05, 4.69) is 47.5 Å². The fourth-order valence-electron chi connectivity index (χ4n) is 3.32. The van der Waals surface area contributed by atoms with Gasteiger partial charge in [-0.05, 0) is 44.7 Å². The fourth-order valence-corrected chi connectivity index (χ4v) is 3.32. The van der Waals surface area contributed by atoms with Gasteiger partial charge in [0.1, 0.15) is 0 Å². The van der Waals surface area contributed by atoms with Crippen molar-refractivity contribution in [1.82, 2.24) is 10.2 Å². The van der Waals surface area contributed by atoms with Crippen LogP contribution in [0, 0.1) is 0 Å². The Balaban J connectivity index is 1.67. The zero-order chi connectivity index (χ0) is 14.5. The first kappa shape index (κ1) is 15.0. The first-order valence-electron chi connectivity index (χ1n) is 8.50. The molecule has 116 valence electrons. The van der Waals surface area contributed by atoms with Gasteiger partial charge in [0, 0.05) is 31.8 Å². The number of hydrogen-bond acceptors (Lipinski definition) is 3. The van der Waals surface area contributed by atoms with Crippen molar-refractivity contribution in [1.29, 1.82) is 0 Å². The van der Waals surface area contributed by atoms with E-state index in [4.69, 9.17) is 4.74 Å². The van der Waals surface area contributed by atoms with Gasteiger partial charge < -0.3 is 10.1 Å².